The molecule has 0 aliphatic carbocycles. The van der Waals surface area contributed by atoms with Gasteiger partial charge in [0.05, 0.1) is 0 Å². The van der Waals surface area contributed by atoms with Crippen LogP contribution in [0.5, 0.6) is 11.5 Å². The van der Waals surface area contributed by atoms with Crippen LogP contribution in [-0.2, 0) is 6.61 Å². The van der Waals surface area contributed by atoms with Crippen LogP contribution in [-0.4, -0.2) is 29.0 Å². The van der Waals surface area contributed by atoms with E-state index in [2.05, 4.69) is 9.19 Å². The SMILES string of the molecule is Oc1ccc(OCc2ccccc2)cc1-c1c[se]nn1. The summed E-state index contributed by atoms with van der Waals surface area (Å²) >= 11 is 0.0443. The topological polar surface area (TPSA) is 55.2 Å². The Morgan fingerprint density at radius 1 is 1.10 bits per heavy atom. The van der Waals surface area contributed by atoms with Crippen LogP contribution < -0.4 is 4.74 Å². The van der Waals surface area contributed by atoms with Crippen LogP contribution in [0.2, 0.25) is 0 Å². The molecule has 3 rings (SSSR count). The molecule has 0 amide bonds. The Morgan fingerprint density at radius 3 is 2.70 bits per heavy atom. The Hall–Kier alpha value is -2.10. The third kappa shape index (κ3) is 2.90. The van der Waals surface area contributed by atoms with Crippen molar-refractivity contribution in [1.82, 2.24) is 9.19 Å². The van der Waals surface area contributed by atoms with Crippen LogP contribution in [0.25, 0.3) is 11.3 Å². The molecule has 0 radical (unpaired) electrons. The van der Waals surface area contributed by atoms with E-state index < -0.39 is 0 Å². The molecular formula is C15H12N2O2Se. The van der Waals surface area contributed by atoms with Crippen molar-refractivity contribution in [2.24, 2.45) is 0 Å². The van der Waals surface area contributed by atoms with Gasteiger partial charge in [0.25, 0.3) is 0 Å². The number of aromatic nitrogens is 2. The standard InChI is InChI=1S/C15H12N2O2Se/c18-15-7-6-12(8-13(15)14-10-20-17-16-14)19-9-11-4-2-1-3-5-11/h1-8,10,18H,9H2. The average Bonchev–Trinajstić information content (AvgIpc) is 3.01. The van der Waals surface area contributed by atoms with E-state index in [4.69, 9.17) is 4.74 Å². The van der Waals surface area contributed by atoms with Gasteiger partial charge in [-0.3, -0.25) is 0 Å². The summed E-state index contributed by atoms with van der Waals surface area (Å²) in [6, 6.07) is 15.1. The molecule has 0 aliphatic heterocycles. The zero-order valence-electron chi connectivity index (χ0n) is 10.6. The summed E-state index contributed by atoms with van der Waals surface area (Å²) < 4.78 is 9.69. The Balaban J connectivity index is 1.79. The Labute approximate surface area is 122 Å². The molecule has 4 nitrogen and oxygen atoms in total. The predicted molar refractivity (Wildman–Crippen MR) is 76.8 cm³/mol. The van der Waals surface area contributed by atoms with Crippen LogP contribution in [0.15, 0.2) is 53.5 Å². The molecule has 20 heavy (non-hydrogen) atoms. The fraction of sp³-hybridized carbons (Fsp3) is 0.0667. The maximum absolute atomic E-state index is 9.89. The summed E-state index contributed by atoms with van der Waals surface area (Å²) in [5, 5.41) is 13.9. The van der Waals surface area contributed by atoms with Gasteiger partial charge in [0, 0.05) is 0 Å². The number of rotatable bonds is 4. The Kier molecular flexibility index (Phi) is 3.81. The number of phenols is 1. The summed E-state index contributed by atoms with van der Waals surface area (Å²) in [6.07, 6.45) is 0. The molecule has 1 heterocycles. The number of ether oxygens (including phenoxy) is 1. The molecule has 2 aromatic carbocycles. The van der Waals surface area contributed by atoms with Gasteiger partial charge in [0.2, 0.25) is 0 Å². The van der Waals surface area contributed by atoms with Crippen molar-refractivity contribution in [3.63, 3.8) is 0 Å². The summed E-state index contributed by atoms with van der Waals surface area (Å²) in [7, 11) is 0. The van der Waals surface area contributed by atoms with Crippen LogP contribution in [0.3, 0.4) is 0 Å². The third-order valence-corrected chi connectivity index (χ3v) is 3.91. The van der Waals surface area contributed by atoms with E-state index in [0.717, 1.165) is 5.56 Å². The summed E-state index contributed by atoms with van der Waals surface area (Å²) in [5.41, 5.74) is 2.48. The number of phenolic OH excluding ortho intramolecular Hbond substituents is 1. The first kappa shape index (κ1) is 12.9. The van der Waals surface area contributed by atoms with E-state index in [0.29, 0.717) is 23.6 Å². The van der Waals surface area contributed by atoms with Gasteiger partial charge in [-0.1, -0.05) is 0 Å². The quantitative estimate of drug-likeness (QED) is 0.747. The third-order valence-electron chi connectivity index (χ3n) is 2.85. The minimum atomic E-state index is 0.0443. The molecule has 0 saturated carbocycles. The molecule has 0 saturated heterocycles. The molecule has 0 fully saturated rings. The van der Waals surface area contributed by atoms with Crippen molar-refractivity contribution in [2.75, 3.05) is 0 Å². The average molecular weight is 331 g/mol. The van der Waals surface area contributed by atoms with Crippen molar-refractivity contribution in [1.29, 1.82) is 0 Å². The normalized spacial score (nSPS) is 10.4. The fourth-order valence-corrected chi connectivity index (χ4v) is 2.79. The molecule has 0 unspecified atom stereocenters. The van der Waals surface area contributed by atoms with E-state index in [9.17, 15) is 5.11 Å². The zero-order chi connectivity index (χ0) is 13.8. The van der Waals surface area contributed by atoms with Gasteiger partial charge in [0.15, 0.2) is 0 Å². The summed E-state index contributed by atoms with van der Waals surface area (Å²) in [6.45, 7) is 0.496. The van der Waals surface area contributed by atoms with Crippen molar-refractivity contribution in [2.45, 2.75) is 6.61 Å². The predicted octanol–water partition coefficient (Wildman–Crippen LogP) is 2.49. The molecule has 1 N–H and O–H groups in total. The second-order valence-corrected chi connectivity index (χ2v) is 5.52. The molecule has 0 atom stereocenters. The molecule has 0 spiro atoms. The summed E-state index contributed by atoms with van der Waals surface area (Å²) in [5.74, 6) is 0.900. The van der Waals surface area contributed by atoms with Crippen LogP contribution in [0.1, 0.15) is 5.56 Å². The van der Waals surface area contributed by atoms with Gasteiger partial charge < -0.3 is 0 Å². The molecule has 3 aromatic rings. The van der Waals surface area contributed by atoms with Crippen molar-refractivity contribution < 1.29 is 9.84 Å². The van der Waals surface area contributed by atoms with Gasteiger partial charge in [-0.05, 0) is 0 Å². The van der Waals surface area contributed by atoms with E-state index in [1.54, 1.807) is 18.2 Å². The van der Waals surface area contributed by atoms with Crippen molar-refractivity contribution >= 4 is 14.7 Å². The molecule has 0 aliphatic rings. The first-order valence-electron chi connectivity index (χ1n) is 6.10. The van der Waals surface area contributed by atoms with Crippen molar-refractivity contribution in [3.05, 3.63) is 59.0 Å². The zero-order valence-corrected chi connectivity index (χ0v) is 12.3. The molecule has 5 heteroatoms. The van der Waals surface area contributed by atoms with Crippen LogP contribution in [0, 0.1) is 0 Å². The number of aromatic hydroxyl groups is 1. The monoisotopic (exact) mass is 332 g/mol. The second kappa shape index (κ2) is 5.90. The van der Waals surface area contributed by atoms with Crippen molar-refractivity contribution in [3.8, 4) is 22.8 Å². The first-order valence-corrected chi connectivity index (χ1v) is 7.85. The van der Waals surface area contributed by atoms with Crippen LogP contribution >= 0.6 is 0 Å². The Morgan fingerprint density at radius 2 is 1.95 bits per heavy atom. The van der Waals surface area contributed by atoms with E-state index in [1.165, 1.54) is 0 Å². The Bertz CT molecular complexity index is 684. The van der Waals surface area contributed by atoms with Gasteiger partial charge in [0.1, 0.15) is 0 Å². The molecular weight excluding hydrogens is 319 g/mol. The number of hydrogen-bond acceptors (Lipinski definition) is 4. The van der Waals surface area contributed by atoms with E-state index >= 15 is 0 Å². The number of hydrogen-bond donors (Lipinski definition) is 1. The van der Waals surface area contributed by atoms with Gasteiger partial charge in [-0.25, -0.2) is 0 Å². The minimum absolute atomic E-state index is 0.0443. The van der Waals surface area contributed by atoms with Gasteiger partial charge in [-0.15, -0.1) is 0 Å². The van der Waals surface area contributed by atoms with E-state index in [-0.39, 0.29) is 20.5 Å². The van der Waals surface area contributed by atoms with Crippen LogP contribution in [0.4, 0.5) is 0 Å². The molecule has 1 aromatic heterocycles. The fourth-order valence-electron chi connectivity index (χ4n) is 1.83. The molecule has 0 bridgehead atoms. The second-order valence-electron chi connectivity index (χ2n) is 4.24. The van der Waals surface area contributed by atoms with Gasteiger partial charge in [-0.2, -0.15) is 0 Å². The summed E-state index contributed by atoms with van der Waals surface area (Å²) in [4.78, 5) is 1.93. The number of benzene rings is 2. The number of nitrogens with zero attached hydrogens (tertiary/aromatic N) is 2. The van der Waals surface area contributed by atoms with Gasteiger partial charge >= 0.3 is 122 Å². The maximum atomic E-state index is 9.89. The first-order chi connectivity index (χ1) is 9.83. The van der Waals surface area contributed by atoms with E-state index in [1.807, 2.05) is 35.3 Å². The molecule has 100 valence electrons.